The first-order valence-corrected chi connectivity index (χ1v) is 11.0. The van der Waals surface area contributed by atoms with Crippen LogP contribution in [0.3, 0.4) is 0 Å². The number of Topliss-reactive ketones (excluding diaryl/α,β-unsaturated/α-hetero) is 1. The first-order valence-electron chi connectivity index (χ1n) is 11.0. The lowest BCUT2D eigenvalue weighted by atomic mass is 9.54. The zero-order valence-electron chi connectivity index (χ0n) is 18.7. The van der Waals surface area contributed by atoms with Crippen LogP contribution >= 0.6 is 0 Å². The summed E-state index contributed by atoms with van der Waals surface area (Å²) in [6.07, 6.45) is 6.62. The average Bonchev–Trinajstić information content (AvgIpc) is 3.32. The van der Waals surface area contributed by atoms with Crippen LogP contribution in [-0.4, -0.2) is 31.4 Å². The van der Waals surface area contributed by atoms with Gasteiger partial charge in [0.25, 0.3) is 0 Å². The average molecular weight is 438 g/mol. The predicted octanol–water partition coefficient (Wildman–Crippen LogP) is 3.83. The number of carbonyl (C=O) groups excluding carboxylic acids is 2. The fraction of sp³-hybridized carbons (Fsp3) is 0.308. The van der Waals surface area contributed by atoms with Gasteiger partial charge in [-0.3, -0.25) is 9.59 Å². The number of carbonyl (C=O) groups is 2. The van der Waals surface area contributed by atoms with Gasteiger partial charge in [-0.2, -0.15) is 10.4 Å². The molecule has 0 unspecified atom stereocenters. The Balaban J connectivity index is 1.84. The Morgan fingerprint density at radius 2 is 2.00 bits per heavy atom. The fourth-order valence-corrected chi connectivity index (χ4v) is 5.52. The van der Waals surface area contributed by atoms with E-state index in [-0.39, 0.29) is 29.1 Å². The summed E-state index contributed by atoms with van der Waals surface area (Å²) < 4.78 is 1.30. The van der Waals surface area contributed by atoms with Crippen molar-refractivity contribution in [3.63, 3.8) is 0 Å². The van der Waals surface area contributed by atoms with E-state index in [2.05, 4.69) is 11.2 Å². The van der Waals surface area contributed by atoms with Gasteiger partial charge in [-0.25, -0.2) is 14.6 Å². The number of fused-ring (bicyclic) bond motifs is 3. The molecule has 7 heteroatoms. The molecule has 2 aliphatic carbocycles. The van der Waals surface area contributed by atoms with Crippen LogP contribution in [0.4, 0.5) is 0 Å². The number of rotatable bonds is 2. The number of hydrogen-bond donors (Lipinski definition) is 0. The summed E-state index contributed by atoms with van der Waals surface area (Å²) in [5.41, 5.74) is 3.76. The summed E-state index contributed by atoms with van der Waals surface area (Å²) in [6.45, 7) is 5.22. The summed E-state index contributed by atoms with van der Waals surface area (Å²) >= 11 is 0. The Bertz CT molecular complexity index is 1370. The molecule has 0 saturated carbocycles. The molecule has 5 rings (SSSR count). The van der Waals surface area contributed by atoms with Gasteiger partial charge in [-0.05, 0) is 37.3 Å². The van der Waals surface area contributed by atoms with Crippen molar-refractivity contribution in [3.05, 3.63) is 77.0 Å². The van der Waals surface area contributed by atoms with Gasteiger partial charge in [0, 0.05) is 30.2 Å². The molecule has 3 atom stereocenters. The topological polar surface area (TPSA) is 102 Å². The summed E-state index contributed by atoms with van der Waals surface area (Å²) in [6, 6.07) is 12.1. The molecule has 0 aliphatic heterocycles. The third-order valence-electron chi connectivity index (χ3n) is 7.01. The third kappa shape index (κ3) is 3.05. The van der Waals surface area contributed by atoms with Gasteiger partial charge >= 0.3 is 0 Å². The molecule has 2 aliphatic rings. The van der Waals surface area contributed by atoms with Gasteiger partial charge in [0.15, 0.2) is 5.78 Å². The molecular weight excluding hydrogens is 414 g/mol. The summed E-state index contributed by atoms with van der Waals surface area (Å²) in [5.74, 6) is -0.0304. The molecular formula is C26H23N5O2. The number of hydrogen-bond acceptors (Lipinski definition) is 6. The van der Waals surface area contributed by atoms with E-state index in [1.807, 2.05) is 50.3 Å². The Labute approximate surface area is 191 Å². The first-order chi connectivity index (χ1) is 15.9. The number of ketones is 1. The monoisotopic (exact) mass is 437 g/mol. The van der Waals surface area contributed by atoms with Gasteiger partial charge in [-0.15, -0.1) is 0 Å². The molecule has 1 aromatic carbocycles. The molecule has 0 bridgehead atoms. The molecule has 7 nitrogen and oxygen atoms in total. The van der Waals surface area contributed by atoms with Crippen LogP contribution in [0.2, 0.25) is 0 Å². The van der Waals surface area contributed by atoms with Crippen molar-refractivity contribution in [1.29, 1.82) is 5.26 Å². The minimum atomic E-state index is -0.716. The summed E-state index contributed by atoms with van der Waals surface area (Å²) in [4.78, 5) is 34.4. The Morgan fingerprint density at radius 1 is 1.24 bits per heavy atom. The van der Waals surface area contributed by atoms with E-state index in [9.17, 15) is 14.9 Å². The molecule has 0 N–H and O–H groups in total. The SMILES string of the molecule is CC(=O)n1cc(-c2nc(C)nc3c2CC[C@H]2[C@H](C)C(=O)C(C#N)=C[C@]32c2ccccc2)cn1. The quantitative estimate of drug-likeness (QED) is 0.604. The number of nitriles is 1. The van der Waals surface area contributed by atoms with Gasteiger partial charge in [-0.1, -0.05) is 37.3 Å². The van der Waals surface area contributed by atoms with Gasteiger partial charge in [0.05, 0.1) is 28.6 Å². The van der Waals surface area contributed by atoms with E-state index in [0.29, 0.717) is 12.2 Å². The van der Waals surface area contributed by atoms with E-state index >= 15 is 0 Å². The third-order valence-corrected chi connectivity index (χ3v) is 7.01. The van der Waals surface area contributed by atoms with E-state index in [1.54, 1.807) is 12.4 Å². The van der Waals surface area contributed by atoms with Crippen LogP contribution in [0.15, 0.2) is 54.4 Å². The highest BCUT2D eigenvalue weighted by atomic mass is 16.2. The predicted molar refractivity (Wildman–Crippen MR) is 121 cm³/mol. The lowest BCUT2D eigenvalue weighted by molar-refractivity contribution is -0.121. The molecule has 164 valence electrons. The van der Waals surface area contributed by atoms with E-state index in [0.717, 1.165) is 34.5 Å². The zero-order chi connectivity index (χ0) is 23.3. The fourth-order valence-electron chi connectivity index (χ4n) is 5.52. The van der Waals surface area contributed by atoms with Gasteiger partial charge in [0.2, 0.25) is 5.91 Å². The Hall–Kier alpha value is -3.92. The number of benzene rings is 1. The summed E-state index contributed by atoms with van der Waals surface area (Å²) in [7, 11) is 0. The molecule has 0 amide bonds. The van der Waals surface area contributed by atoms with Crippen LogP contribution in [0.1, 0.15) is 47.7 Å². The van der Waals surface area contributed by atoms with E-state index < -0.39 is 5.41 Å². The van der Waals surface area contributed by atoms with Crippen molar-refractivity contribution >= 4 is 11.7 Å². The van der Waals surface area contributed by atoms with Crippen LogP contribution in [-0.2, 0) is 16.6 Å². The van der Waals surface area contributed by atoms with Crippen molar-refractivity contribution in [2.24, 2.45) is 11.8 Å². The molecule has 0 spiro atoms. The van der Waals surface area contributed by atoms with Crippen LogP contribution in [0.25, 0.3) is 11.3 Å². The minimum Gasteiger partial charge on any atom is -0.293 e. The smallest absolute Gasteiger partial charge is 0.243 e. The molecule has 3 aromatic rings. The number of aryl methyl sites for hydroxylation is 1. The maximum atomic E-state index is 13.0. The highest BCUT2D eigenvalue weighted by Gasteiger charge is 2.53. The van der Waals surface area contributed by atoms with Crippen molar-refractivity contribution < 1.29 is 9.59 Å². The second kappa shape index (κ2) is 7.59. The van der Waals surface area contributed by atoms with Crippen molar-refractivity contribution in [1.82, 2.24) is 19.7 Å². The van der Waals surface area contributed by atoms with Crippen LogP contribution < -0.4 is 0 Å². The van der Waals surface area contributed by atoms with Crippen molar-refractivity contribution in [2.45, 2.75) is 39.0 Å². The van der Waals surface area contributed by atoms with Crippen molar-refractivity contribution in [3.8, 4) is 17.3 Å². The first kappa shape index (κ1) is 21.0. The molecule has 33 heavy (non-hydrogen) atoms. The largest absolute Gasteiger partial charge is 0.293 e. The lowest BCUT2D eigenvalue weighted by Crippen LogP contribution is -2.48. The van der Waals surface area contributed by atoms with Gasteiger partial charge < -0.3 is 0 Å². The molecule has 0 fully saturated rings. The lowest BCUT2D eigenvalue weighted by Gasteiger charge is -2.48. The number of allylic oxidation sites excluding steroid dienone is 2. The molecule has 2 heterocycles. The van der Waals surface area contributed by atoms with Gasteiger partial charge in [0.1, 0.15) is 11.9 Å². The van der Waals surface area contributed by atoms with E-state index in [4.69, 9.17) is 9.97 Å². The maximum Gasteiger partial charge on any atom is 0.243 e. The normalized spacial score (nSPS) is 23.8. The summed E-state index contributed by atoms with van der Waals surface area (Å²) in [5, 5.41) is 14.0. The van der Waals surface area contributed by atoms with Crippen LogP contribution in [0.5, 0.6) is 0 Å². The maximum absolute atomic E-state index is 13.0. The highest BCUT2D eigenvalue weighted by molar-refractivity contribution is 6.02. The second-order valence-electron chi connectivity index (χ2n) is 8.84. The number of aromatic nitrogens is 4. The molecule has 2 aromatic heterocycles. The second-order valence-corrected chi connectivity index (χ2v) is 8.84. The van der Waals surface area contributed by atoms with Crippen molar-refractivity contribution in [2.75, 3.05) is 0 Å². The highest BCUT2D eigenvalue weighted by Crippen LogP contribution is 2.54. The Kier molecular flexibility index (Phi) is 4.82. The standard InChI is InChI=1S/C26H23N5O2/c1-15-22-10-9-21-23(19-13-28-31(14-19)17(3)32)29-16(2)30-25(21)26(22,11-18(12-27)24(15)33)20-7-5-4-6-8-20/h4-8,11,13-15,22H,9-10H2,1-3H3/t15-,22-,26+/m0/s1. The minimum absolute atomic E-state index is 0.0286. The molecule has 0 saturated heterocycles. The zero-order valence-corrected chi connectivity index (χ0v) is 18.7. The van der Waals surface area contributed by atoms with Crippen LogP contribution in [0, 0.1) is 30.1 Å². The van der Waals surface area contributed by atoms with E-state index in [1.165, 1.54) is 11.6 Å². The molecule has 0 radical (unpaired) electrons. The number of nitrogens with zero attached hydrogens (tertiary/aromatic N) is 5. The Morgan fingerprint density at radius 3 is 2.67 bits per heavy atom.